The fourth-order valence-electron chi connectivity index (χ4n) is 1.40. The van der Waals surface area contributed by atoms with Crippen LogP contribution in [0.1, 0.15) is 40.5 Å². The molecule has 0 aliphatic heterocycles. The number of esters is 1. The minimum atomic E-state index is -1.26. The fourth-order valence-corrected chi connectivity index (χ4v) is 1.40. The standard InChI is InChI=1S/C13H24N2O5/c1-5-14-7-6-10(16)15-9(12(18)19)8-11(17)20-13(2,3)4/h9,14H,5-8H2,1-4H3,(H,15,16)(H,18,19)/t9-/m0/s1. The molecule has 20 heavy (non-hydrogen) atoms. The molecule has 0 fully saturated rings. The molecule has 0 bridgehead atoms. The first-order valence-corrected chi connectivity index (χ1v) is 6.60. The van der Waals surface area contributed by atoms with Crippen molar-refractivity contribution >= 4 is 17.8 Å². The van der Waals surface area contributed by atoms with Crippen LogP contribution in [-0.4, -0.2) is 47.7 Å². The van der Waals surface area contributed by atoms with E-state index in [4.69, 9.17) is 9.84 Å². The maximum atomic E-state index is 11.6. The molecule has 0 aliphatic carbocycles. The lowest BCUT2D eigenvalue weighted by Gasteiger charge is -2.21. The minimum absolute atomic E-state index is 0.159. The van der Waals surface area contributed by atoms with E-state index in [9.17, 15) is 14.4 Å². The largest absolute Gasteiger partial charge is 0.480 e. The third-order valence-corrected chi connectivity index (χ3v) is 2.20. The lowest BCUT2D eigenvalue weighted by Crippen LogP contribution is -2.43. The summed E-state index contributed by atoms with van der Waals surface area (Å²) in [5.41, 5.74) is -0.685. The van der Waals surface area contributed by atoms with Gasteiger partial charge in [0.2, 0.25) is 5.91 Å². The maximum Gasteiger partial charge on any atom is 0.326 e. The van der Waals surface area contributed by atoms with Crippen LogP contribution in [-0.2, 0) is 19.1 Å². The van der Waals surface area contributed by atoms with E-state index < -0.39 is 29.5 Å². The number of nitrogens with one attached hydrogen (secondary N) is 2. The summed E-state index contributed by atoms with van der Waals surface area (Å²) in [5, 5.41) is 14.3. The van der Waals surface area contributed by atoms with Gasteiger partial charge in [0.05, 0.1) is 6.42 Å². The van der Waals surface area contributed by atoms with Gasteiger partial charge in [0.1, 0.15) is 11.6 Å². The molecule has 0 aromatic carbocycles. The van der Waals surface area contributed by atoms with Crippen molar-refractivity contribution in [2.45, 2.75) is 52.2 Å². The number of carboxylic acid groups (broad SMARTS) is 1. The zero-order valence-electron chi connectivity index (χ0n) is 12.5. The number of carbonyl (C=O) groups is 3. The molecule has 7 nitrogen and oxygen atoms in total. The van der Waals surface area contributed by atoms with Crippen LogP contribution in [0.3, 0.4) is 0 Å². The van der Waals surface area contributed by atoms with Gasteiger partial charge in [0.15, 0.2) is 0 Å². The van der Waals surface area contributed by atoms with E-state index in [-0.39, 0.29) is 12.8 Å². The molecule has 0 spiro atoms. The SMILES string of the molecule is CCNCCC(=O)N[C@@H](CC(=O)OC(C)(C)C)C(=O)O. The Morgan fingerprint density at radius 1 is 1.25 bits per heavy atom. The Labute approximate surface area is 119 Å². The zero-order chi connectivity index (χ0) is 15.8. The first-order valence-electron chi connectivity index (χ1n) is 6.60. The molecular formula is C13H24N2O5. The van der Waals surface area contributed by atoms with E-state index in [0.717, 1.165) is 6.54 Å². The average Bonchev–Trinajstić information content (AvgIpc) is 2.25. The lowest BCUT2D eigenvalue weighted by atomic mass is 10.1. The van der Waals surface area contributed by atoms with Gasteiger partial charge in [-0.25, -0.2) is 4.79 Å². The summed E-state index contributed by atoms with van der Waals surface area (Å²) in [6, 6.07) is -1.26. The van der Waals surface area contributed by atoms with Crippen LogP contribution in [0.2, 0.25) is 0 Å². The van der Waals surface area contributed by atoms with Gasteiger partial charge in [-0.05, 0) is 27.3 Å². The molecule has 0 saturated carbocycles. The molecule has 0 unspecified atom stereocenters. The quantitative estimate of drug-likeness (QED) is 0.438. The highest BCUT2D eigenvalue weighted by molar-refractivity contribution is 5.87. The fraction of sp³-hybridized carbons (Fsp3) is 0.769. The number of ether oxygens (including phenoxy) is 1. The second-order valence-corrected chi connectivity index (χ2v) is 5.35. The molecule has 0 aromatic heterocycles. The van der Waals surface area contributed by atoms with Gasteiger partial charge in [-0.2, -0.15) is 0 Å². The normalized spacial score (nSPS) is 12.6. The van der Waals surface area contributed by atoms with E-state index in [1.165, 1.54) is 0 Å². The van der Waals surface area contributed by atoms with Gasteiger partial charge in [-0.15, -0.1) is 0 Å². The Kier molecular flexibility index (Phi) is 7.83. The van der Waals surface area contributed by atoms with Crippen molar-refractivity contribution in [1.29, 1.82) is 0 Å². The van der Waals surface area contributed by atoms with Crippen LogP contribution >= 0.6 is 0 Å². The number of amides is 1. The second-order valence-electron chi connectivity index (χ2n) is 5.35. The third-order valence-electron chi connectivity index (χ3n) is 2.20. The second kappa shape index (κ2) is 8.52. The molecule has 0 rings (SSSR count). The Bertz CT molecular complexity index is 349. The first-order chi connectivity index (χ1) is 9.15. The van der Waals surface area contributed by atoms with Crippen LogP contribution < -0.4 is 10.6 Å². The summed E-state index contributed by atoms with van der Waals surface area (Å²) >= 11 is 0. The molecule has 7 heteroatoms. The molecule has 1 amide bonds. The van der Waals surface area contributed by atoms with Crippen molar-refractivity contribution in [1.82, 2.24) is 10.6 Å². The molecule has 3 N–H and O–H groups in total. The van der Waals surface area contributed by atoms with E-state index in [1.54, 1.807) is 20.8 Å². The molecule has 116 valence electrons. The Morgan fingerprint density at radius 2 is 1.85 bits per heavy atom. The van der Waals surface area contributed by atoms with Gasteiger partial charge in [0, 0.05) is 13.0 Å². The smallest absolute Gasteiger partial charge is 0.326 e. The van der Waals surface area contributed by atoms with E-state index >= 15 is 0 Å². The summed E-state index contributed by atoms with van der Waals surface area (Å²) in [6.07, 6.45) is -0.231. The molecule has 1 atom stereocenters. The predicted molar refractivity (Wildman–Crippen MR) is 73.2 cm³/mol. The van der Waals surface area contributed by atoms with Gasteiger partial charge in [0.25, 0.3) is 0 Å². The van der Waals surface area contributed by atoms with Gasteiger partial charge >= 0.3 is 11.9 Å². The van der Waals surface area contributed by atoms with Crippen molar-refractivity contribution < 1.29 is 24.2 Å². The monoisotopic (exact) mass is 288 g/mol. The number of hydrogen-bond donors (Lipinski definition) is 3. The molecule has 0 heterocycles. The number of rotatable bonds is 8. The average molecular weight is 288 g/mol. The van der Waals surface area contributed by atoms with Gasteiger partial charge in [-0.1, -0.05) is 6.92 Å². The highest BCUT2D eigenvalue weighted by Crippen LogP contribution is 2.09. The van der Waals surface area contributed by atoms with Gasteiger partial charge in [-0.3, -0.25) is 9.59 Å². The number of aliphatic carboxylic acids is 1. The molecule has 0 aromatic rings. The summed E-state index contributed by atoms with van der Waals surface area (Å²) < 4.78 is 5.03. The molecular weight excluding hydrogens is 264 g/mol. The number of carbonyl (C=O) groups excluding carboxylic acids is 2. The van der Waals surface area contributed by atoms with Crippen molar-refractivity contribution in [2.24, 2.45) is 0 Å². The van der Waals surface area contributed by atoms with E-state index in [0.29, 0.717) is 6.54 Å². The zero-order valence-corrected chi connectivity index (χ0v) is 12.5. The lowest BCUT2D eigenvalue weighted by molar-refractivity contribution is -0.158. The minimum Gasteiger partial charge on any atom is -0.480 e. The van der Waals surface area contributed by atoms with Crippen LogP contribution in [0.4, 0.5) is 0 Å². The summed E-state index contributed by atoms with van der Waals surface area (Å²) in [6.45, 7) is 8.16. The Morgan fingerprint density at radius 3 is 2.30 bits per heavy atom. The van der Waals surface area contributed by atoms with Crippen molar-refractivity contribution in [2.75, 3.05) is 13.1 Å². The predicted octanol–water partition coefficient (Wildman–Crippen LogP) is 0.287. The topological polar surface area (TPSA) is 105 Å². The van der Waals surface area contributed by atoms with Crippen molar-refractivity contribution in [3.63, 3.8) is 0 Å². The maximum absolute atomic E-state index is 11.6. The van der Waals surface area contributed by atoms with Crippen LogP contribution in [0, 0.1) is 0 Å². The molecule has 0 aliphatic rings. The van der Waals surface area contributed by atoms with E-state index in [1.807, 2.05) is 6.92 Å². The highest BCUT2D eigenvalue weighted by Gasteiger charge is 2.26. The van der Waals surface area contributed by atoms with Crippen molar-refractivity contribution in [3.8, 4) is 0 Å². The van der Waals surface area contributed by atoms with Crippen LogP contribution in [0.5, 0.6) is 0 Å². The summed E-state index contributed by atoms with van der Waals surface area (Å²) in [4.78, 5) is 34.1. The number of hydrogen-bond acceptors (Lipinski definition) is 5. The molecule has 0 radical (unpaired) electrons. The van der Waals surface area contributed by atoms with E-state index in [2.05, 4.69) is 10.6 Å². The van der Waals surface area contributed by atoms with Gasteiger partial charge < -0.3 is 20.5 Å². The Hall–Kier alpha value is -1.63. The van der Waals surface area contributed by atoms with Crippen molar-refractivity contribution in [3.05, 3.63) is 0 Å². The van der Waals surface area contributed by atoms with Crippen LogP contribution in [0.25, 0.3) is 0 Å². The Balaban J connectivity index is 4.33. The first kappa shape index (κ1) is 18.4. The molecule has 0 saturated heterocycles. The number of carboxylic acids is 1. The summed E-state index contributed by atoms with van der Waals surface area (Å²) in [7, 11) is 0. The highest BCUT2D eigenvalue weighted by atomic mass is 16.6. The van der Waals surface area contributed by atoms with Crippen LogP contribution in [0.15, 0.2) is 0 Å². The summed E-state index contributed by atoms with van der Waals surface area (Å²) in [5.74, 6) is -2.33. The third kappa shape index (κ3) is 9.32.